The lowest BCUT2D eigenvalue weighted by Crippen LogP contribution is -2.25. The maximum absolute atomic E-state index is 6.00. The normalized spacial score (nSPS) is 11.6. The van der Waals surface area contributed by atoms with Gasteiger partial charge in [-0.2, -0.15) is 0 Å². The molecule has 1 heterocycles. The van der Waals surface area contributed by atoms with Gasteiger partial charge in [-0.3, -0.25) is 0 Å². The molecule has 1 aromatic carbocycles. The van der Waals surface area contributed by atoms with E-state index >= 15 is 0 Å². The summed E-state index contributed by atoms with van der Waals surface area (Å²) in [6, 6.07) is 11.0. The van der Waals surface area contributed by atoms with Gasteiger partial charge in [0.1, 0.15) is 5.75 Å². The summed E-state index contributed by atoms with van der Waals surface area (Å²) in [6.45, 7) is 10.4. The van der Waals surface area contributed by atoms with E-state index in [-0.39, 0.29) is 0 Å². The topological polar surface area (TPSA) is 35.0 Å². The van der Waals surface area contributed by atoms with Crippen molar-refractivity contribution < 1.29 is 4.74 Å². The van der Waals surface area contributed by atoms with Crippen LogP contribution < -0.4 is 4.74 Å². The van der Waals surface area contributed by atoms with Crippen LogP contribution >= 0.6 is 0 Å². The van der Waals surface area contributed by atoms with E-state index in [1.165, 1.54) is 75.4 Å². The minimum Gasteiger partial charge on any atom is -0.494 e. The monoisotopic (exact) mass is 454 g/mol. The molecule has 0 aliphatic heterocycles. The van der Waals surface area contributed by atoms with Gasteiger partial charge in [-0.05, 0) is 49.1 Å². The first kappa shape index (κ1) is 26.6. The first-order valence-electron chi connectivity index (χ1n) is 13.1. The van der Waals surface area contributed by atoms with Gasteiger partial charge in [0.25, 0.3) is 0 Å². The van der Waals surface area contributed by atoms with Crippen LogP contribution in [0.25, 0.3) is 11.4 Å². The molecule has 0 bridgehead atoms. The molecule has 0 saturated carbocycles. The Morgan fingerprint density at radius 1 is 0.719 bits per heavy atom. The zero-order valence-corrected chi connectivity index (χ0v) is 22.2. The maximum Gasteiger partial charge on any atom is 0.159 e. The average Bonchev–Trinajstić information content (AvgIpc) is 2.80. The Balaban J connectivity index is 1.70. The fraction of sp³-hybridized carbons (Fsp3) is 0.643. The molecular formula is C28H46N2OSi. The largest absolute Gasteiger partial charge is 0.494 e. The fourth-order valence-electron chi connectivity index (χ4n) is 4.16. The Bertz CT molecular complexity index is 728. The van der Waals surface area contributed by atoms with E-state index in [4.69, 9.17) is 4.74 Å². The van der Waals surface area contributed by atoms with Gasteiger partial charge in [0.05, 0.1) is 6.61 Å². The van der Waals surface area contributed by atoms with Crippen LogP contribution in [-0.4, -0.2) is 24.6 Å². The van der Waals surface area contributed by atoms with Gasteiger partial charge in [-0.25, -0.2) is 9.97 Å². The molecule has 1 aromatic heterocycles. The molecule has 2 aromatic rings. The van der Waals surface area contributed by atoms with E-state index in [9.17, 15) is 0 Å². The zero-order chi connectivity index (χ0) is 23.1. The third-order valence-electron chi connectivity index (χ3n) is 6.36. The molecule has 4 heteroatoms. The molecule has 2 rings (SSSR count). The Morgan fingerprint density at radius 2 is 1.31 bits per heavy atom. The lowest BCUT2D eigenvalue weighted by Gasteiger charge is -2.22. The highest BCUT2D eigenvalue weighted by Crippen LogP contribution is 2.23. The van der Waals surface area contributed by atoms with Crippen molar-refractivity contribution in [3.63, 3.8) is 0 Å². The first-order valence-corrected chi connectivity index (χ1v) is 16.5. The van der Waals surface area contributed by atoms with E-state index in [2.05, 4.69) is 49.0 Å². The van der Waals surface area contributed by atoms with Crippen molar-refractivity contribution in [1.82, 2.24) is 9.97 Å². The molecule has 3 nitrogen and oxygen atoms in total. The van der Waals surface area contributed by atoms with E-state index in [0.717, 1.165) is 36.6 Å². The molecule has 178 valence electrons. The van der Waals surface area contributed by atoms with Crippen LogP contribution in [0.3, 0.4) is 0 Å². The lowest BCUT2D eigenvalue weighted by atomic mass is 10.1. The second kappa shape index (κ2) is 15.2. The van der Waals surface area contributed by atoms with Gasteiger partial charge < -0.3 is 4.74 Å². The van der Waals surface area contributed by atoms with E-state index in [1.54, 1.807) is 0 Å². The highest BCUT2D eigenvalue weighted by atomic mass is 28.3. The first-order chi connectivity index (χ1) is 15.5. The van der Waals surface area contributed by atoms with Crippen LogP contribution in [0.15, 0.2) is 36.7 Å². The van der Waals surface area contributed by atoms with Crippen LogP contribution in [0, 0.1) is 0 Å². The summed E-state index contributed by atoms with van der Waals surface area (Å²) < 4.78 is 6.00. The van der Waals surface area contributed by atoms with Gasteiger partial charge in [0.15, 0.2) is 5.82 Å². The molecule has 0 atom stereocenters. The lowest BCUT2D eigenvalue weighted by molar-refractivity contribution is 0.316. The molecule has 0 amide bonds. The number of benzene rings is 1. The van der Waals surface area contributed by atoms with Crippen molar-refractivity contribution in [2.24, 2.45) is 0 Å². The van der Waals surface area contributed by atoms with Gasteiger partial charge in [0, 0.05) is 26.0 Å². The van der Waals surface area contributed by atoms with Crippen molar-refractivity contribution in [3.8, 4) is 17.1 Å². The Hall–Kier alpha value is -1.68. The number of rotatable bonds is 17. The van der Waals surface area contributed by atoms with Crippen LogP contribution in [-0.2, 0) is 6.42 Å². The van der Waals surface area contributed by atoms with Crippen molar-refractivity contribution in [3.05, 3.63) is 42.2 Å². The van der Waals surface area contributed by atoms with Crippen molar-refractivity contribution in [1.29, 1.82) is 0 Å². The quantitative estimate of drug-likeness (QED) is 0.177. The number of ether oxygens (including phenoxy) is 1. The van der Waals surface area contributed by atoms with Crippen LogP contribution in [0.4, 0.5) is 0 Å². The Labute approximate surface area is 198 Å². The summed E-state index contributed by atoms with van der Waals surface area (Å²) in [7, 11) is -1.05. The summed E-state index contributed by atoms with van der Waals surface area (Å²) in [5.74, 6) is 1.74. The summed E-state index contributed by atoms with van der Waals surface area (Å²) >= 11 is 0. The van der Waals surface area contributed by atoms with Gasteiger partial charge in [0.2, 0.25) is 0 Å². The molecule has 0 aliphatic carbocycles. The van der Waals surface area contributed by atoms with Crippen molar-refractivity contribution in [2.75, 3.05) is 6.61 Å². The zero-order valence-electron chi connectivity index (χ0n) is 21.2. The number of aromatic nitrogens is 2. The molecule has 0 unspecified atom stereocenters. The molecular weight excluding hydrogens is 408 g/mol. The van der Waals surface area contributed by atoms with Crippen LogP contribution in [0.1, 0.15) is 83.6 Å². The minimum absolute atomic E-state index is 0.795. The molecule has 0 saturated heterocycles. The number of unbranched alkanes of at least 4 members (excludes halogenated alkanes) is 7. The third kappa shape index (κ3) is 10.8. The number of nitrogens with zero attached hydrogens (tertiary/aromatic N) is 2. The average molecular weight is 455 g/mol. The minimum atomic E-state index is -1.05. The van der Waals surface area contributed by atoms with Crippen LogP contribution in [0.5, 0.6) is 5.75 Å². The smallest absolute Gasteiger partial charge is 0.159 e. The summed E-state index contributed by atoms with van der Waals surface area (Å²) in [6.07, 6.45) is 18.2. The molecule has 0 fully saturated rings. The molecule has 0 radical (unpaired) electrons. The predicted octanol–water partition coefficient (Wildman–Crippen LogP) is 8.71. The number of hydrogen-bond donors (Lipinski definition) is 0. The number of hydrogen-bond acceptors (Lipinski definition) is 3. The highest BCUT2D eigenvalue weighted by molar-refractivity contribution is 6.77. The Morgan fingerprint density at radius 3 is 2.00 bits per heavy atom. The van der Waals surface area contributed by atoms with E-state index in [1.807, 2.05) is 24.5 Å². The second-order valence-electron chi connectivity index (χ2n) is 10.0. The van der Waals surface area contributed by atoms with Crippen molar-refractivity contribution >= 4 is 8.07 Å². The summed E-state index contributed by atoms with van der Waals surface area (Å²) in [5.41, 5.74) is 2.29. The van der Waals surface area contributed by atoms with E-state index < -0.39 is 8.07 Å². The van der Waals surface area contributed by atoms with E-state index in [0.29, 0.717) is 0 Å². The fourth-order valence-corrected chi connectivity index (χ4v) is 6.72. The molecule has 0 N–H and O–H groups in total. The maximum atomic E-state index is 6.00. The van der Waals surface area contributed by atoms with Crippen molar-refractivity contribution in [2.45, 2.75) is 110 Å². The molecule has 0 aliphatic rings. The van der Waals surface area contributed by atoms with Gasteiger partial charge in [-0.15, -0.1) is 0 Å². The Kier molecular flexibility index (Phi) is 12.6. The highest BCUT2D eigenvalue weighted by Gasteiger charge is 2.19. The molecule has 32 heavy (non-hydrogen) atoms. The number of aryl methyl sites for hydroxylation is 1. The molecule has 0 spiro atoms. The SMILES string of the molecule is CCCCCCCCc1cnc(-c2ccc(OCCC[Si](C)(C)CCCCC)cc2)nc1. The predicted molar refractivity (Wildman–Crippen MR) is 141 cm³/mol. The summed E-state index contributed by atoms with van der Waals surface area (Å²) in [4.78, 5) is 9.19. The second-order valence-corrected chi connectivity index (χ2v) is 15.4. The third-order valence-corrected chi connectivity index (χ3v) is 9.77. The standard InChI is InChI=1S/C28H46N2OSi/c1-5-7-9-10-11-12-15-25-23-29-28(30-24-25)26-16-18-27(19-17-26)31-20-14-22-32(3,4)21-13-8-6-2/h16-19,23-24H,5-15,20-22H2,1-4H3. The van der Waals surface area contributed by atoms with Gasteiger partial charge in [-0.1, -0.05) is 90.4 Å². The van der Waals surface area contributed by atoms with Crippen LogP contribution in [0.2, 0.25) is 25.2 Å². The van der Waals surface area contributed by atoms with Gasteiger partial charge >= 0.3 is 0 Å². The summed E-state index contributed by atoms with van der Waals surface area (Å²) in [5, 5.41) is 0.